The van der Waals surface area contributed by atoms with Gasteiger partial charge in [0.05, 0.1) is 6.10 Å². The van der Waals surface area contributed by atoms with Gasteiger partial charge in [-0.05, 0) is 37.0 Å². The van der Waals surface area contributed by atoms with Gasteiger partial charge >= 0.3 is 11.8 Å². The van der Waals surface area contributed by atoms with E-state index in [1.165, 1.54) is 4.90 Å². The minimum absolute atomic E-state index is 0.118. The zero-order valence-corrected chi connectivity index (χ0v) is 12.6. The van der Waals surface area contributed by atoms with E-state index in [4.69, 9.17) is 0 Å². The zero-order valence-electron chi connectivity index (χ0n) is 12.6. The van der Waals surface area contributed by atoms with Crippen LogP contribution in [0.1, 0.15) is 30.9 Å². The number of carbonyl (C=O) groups is 2. The maximum Gasteiger partial charge on any atom is 0.316 e. The van der Waals surface area contributed by atoms with Crippen molar-refractivity contribution in [1.29, 1.82) is 0 Å². The van der Waals surface area contributed by atoms with Gasteiger partial charge in [-0.25, -0.2) is 0 Å². The van der Waals surface area contributed by atoms with Crippen LogP contribution in [-0.4, -0.2) is 36.1 Å². The number of aliphatic hydroxyl groups is 1. The van der Waals surface area contributed by atoms with Gasteiger partial charge in [-0.3, -0.25) is 9.59 Å². The predicted octanol–water partition coefficient (Wildman–Crippen LogP) is 1.16. The molecule has 0 spiro atoms. The van der Waals surface area contributed by atoms with Crippen molar-refractivity contribution in [3.8, 4) is 0 Å². The summed E-state index contributed by atoms with van der Waals surface area (Å²) in [5.41, 5.74) is 2.98. The van der Waals surface area contributed by atoms with Crippen LogP contribution in [0.3, 0.4) is 0 Å². The maximum atomic E-state index is 12.2. The van der Waals surface area contributed by atoms with Crippen LogP contribution in [0.2, 0.25) is 0 Å². The molecule has 5 nitrogen and oxygen atoms in total. The van der Waals surface area contributed by atoms with Gasteiger partial charge in [0.1, 0.15) is 0 Å². The zero-order chi connectivity index (χ0) is 15.4. The molecule has 1 heterocycles. The lowest BCUT2D eigenvalue weighted by Gasteiger charge is -2.18. The Morgan fingerprint density at radius 2 is 2.19 bits per heavy atom. The summed E-state index contributed by atoms with van der Waals surface area (Å²) in [5, 5.41) is 12.1. The summed E-state index contributed by atoms with van der Waals surface area (Å²) < 4.78 is 0. The van der Waals surface area contributed by atoms with Gasteiger partial charge in [-0.15, -0.1) is 0 Å². The Balaban J connectivity index is 1.99. The molecule has 1 aliphatic heterocycles. The van der Waals surface area contributed by atoms with E-state index in [2.05, 4.69) is 5.32 Å². The highest BCUT2D eigenvalue weighted by atomic mass is 16.3. The number of nitrogens with one attached hydrogen (secondary N) is 1. The van der Waals surface area contributed by atoms with E-state index in [-0.39, 0.29) is 6.54 Å². The van der Waals surface area contributed by atoms with Gasteiger partial charge < -0.3 is 15.3 Å². The normalized spacial score (nSPS) is 14.7. The largest absolute Gasteiger partial charge is 0.391 e. The molecule has 0 radical (unpaired) electrons. The van der Waals surface area contributed by atoms with Crippen molar-refractivity contribution in [3.05, 3.63) is 29.3 Å². The number of amides is 2. The summed E-state index contributed by atoms with van der Waals surface area (Å²) in [4.78, 5) is 25.7. The quantitative estimate of drug-likeness (QED) is 0.818. The monoisotopic (exact) mass is 290 g/mol. The number of aryl methyl sites for hydroxylation is 1. The van der Waals surface area contributed by atoms with Crippen LogP contribution in [0.15, 0.2) is 18.2 Å². The second-order valence-corrected chi connectivity index (χ2v) is 5.49. The van der Waals surface area contributed by atoms with Gasteiger partial charge in [-0.1, -0.05) is 25.5 Å². The van der Waals surface area contributed by atoms with Gasteiger partial charge in [0.15, 0.2) is 0 Å². The Hall–Kier alpha value is -1.88. The Morgan fingerprint density at radius 1 is 1.43 bits per heavy atom. The molecule has 0 saturated heterocycles. The molecule has 0 saturated carbocycles. The standard InChI is InChI=1S/C16H22N2O3/c1-3-4-13(19)10-17-15(20)16(21)18-8-7-12-6-5-11(2)9-14(12)18/h5-6,9,13,19H,3-4,7-8,10H2,1-2H3,(H,17,20). The Kier molecular flexibility index (Phi) is 4.96. The smallest absolute Gasteiger partial charge is 0.316 e. The van der Waals surface area contributed by atoms with Gasteiger partial charge in [0, 0.05) is 18.8 Å². The number of aliphatic hydroxyl groups excluding tert-OH is 1. The number of anilines is 1. The SMILES string of the molecule is CCCC(O)CNC(=O)C(=O)N1CCc2ccc(C)cc21. The number of hydrogen-bond acceptors (Lipinski definition) is 3. The molecule has 1 unspecified atom stereocenters. The third kappa shape index (κ3) is 3.61. The second-order valence-electron chi connectivity index (χ2n) is 5.49. The van der Waals surface area contributed by atoms with E-state index in [0.717, 1.165) is 29.7 Å². The topological polar surface area (TPSA) is 69.6 Å². The molecule has 5 heteroatoms. The van der Waals surface area contributed by atoms with Crippen LogP contribution < -0.4 is 10.2 Å². The summed E-state index contributed by atoms with van der Waals surface area (Å²) in [6.45, 7) is 4.57. The van der Waals surface area contributed by atoms with Crippen LogP contribution in [0.25, 0.3) is 0 Å². The van der Waals surface area contributed by atoms with Crippen molar-refractivity contribution >= 4 is 17.5 Å². The van der Waals surface area contributed by atoms with Crippen molar-refractivity contribution in [2.45, 2.75) is 39.2 Å². The highest BCUT2D eigenvalue weighted by molar-refractivity contribution is 6.40. The molecule has 1 aliphatic rings. The van der Waals surface area contributed by atoms with Gasteiger partial charge in [0.25, 0.3) is 0 Å². The van der Waals surface area contributed by atoms with Crippen molar-refractivity contribution in [2.75, 3.05) is 18.0 Å². The molecule has 0 fully saturated rings. The minimum atomic E-state index is -0.653. The van der Waals surface area contributed by atoms with E-state index in [1.54, 1.807) is 0 Å². The van der Waals surface area contributed by atoms with Gasteiger partial charge in [-0.2, -0.15) is 0 Å². The highest BCUT2D eigenvalue weighted by Gasteiger charge is 2.29. The molecule has 114 valence electrons. The Morgan fingerprint density at radius 3 is 2.90 bits per heavy atom. The number of nitrogens with zero attached hydrogens (tertiary/aromatic N) is 1. The third-order valence-electron chi connectivity index (χ3n) is 3.70. The number of carbonyl (C=O) groups excluding carboxylic acids is 2. The van der Waals surface area contributed by atoms with Crippen molar-refractivity contribution in [3.63, 3.8) is 0 Å². The average molecular weight is 290 g/mol. The fourth-order valence-electron chi connectivity index (χ4n) is 2.54. The van der Waals surface area contributed by atoms with Crippen LogP contribution in [-0.2, 0) is 16.0 Å². The van der Waals surface area contributed by atoms with Crippen LogP contribution in [0.5, 0.6) is 0 Å². The van der Waals surface area contributed by atoms with Crippen LogP contribution in [0.4, 0.5) is 5.69 Å². The summed E-state index contributed by atoms with van der Waals surface area (Å²) >= 11 is 0. The van der Waals surface area contributed by atoms with Crippen molar-refractivity contribution in [2.24, 2.45) is 0 Å². The molecule has 2 rings (SSSR count). The van der Waals surface area contributed by atoms with E-state index in [1.807, 2.05) is 32.0 Å². The van der Waals surface area contributed by atoms with E-state index >= 15 is 0 Å². The lowest BCUT2D eigenvalue weighted by atomic mass is 10.1. The first-order valence-electron chi connectivity index (χ1n) is 7.40. The molecule has 21 heavy (non-hydrogen) atoms. The van der Waals surface area contributed by atoms with E-state index < -0.39 is 17.9 Å². The number of hydrogen-bond donors (Lipinski definition) is 2. The third-order valence-corrected chi connectivity index (χ3v) is 3.70. The molecule has 1 aromatic carbocycles. The first-order valence-corrected chi connectivity index (χ1v) is 7.40. The van der Waals surface area contributed by atoms with E-state index in [9.17, 15) is 14.7 Å². The average Bonchev–Trinajstić information content (AvgIpc) is 2.87. The Bertz CT molecular complexity index is 542. The number of rotatable bonds is 4. The highest BCUT2D eigenvalue weighted by Crippen LogP contribution is 2.28. The molecule has 2 amide bonds. The van der Waals surface area contributed by atoms with Crippen LogP contribution >= 0.6 is 0 Å². The lowest BCUT2D eigenvalue weighted by molar-refractivity contribution is -0.137. The summed E-state index contributed by atoms with van der Waals surface area (Å²) in [6, 6.07) is 5.94. The molecule has 1 atom stereocenters. The lowest BCUT2D eigenvalue weighted by Crippen LogP contribution is -2.44. The second kappa shape index (κ2) is 6.72. The van der Waals surface area contributed by atoms with Crippen LogP contribution in [0, 0.1) is 6.92 Å². The van der Waals surface area contributed by atoms with Crippen molar-refractivity contribution in [1.82, 2.24) is 5.32 Å². The first kappa shape index (κ1) is 15.5. The van der Waals surface area contributed by atoms with Crippen molar-refractivity contribution < 1.29 is 14.7 Å². The fourth-order valence-corrected chi connectivity index (χ4v) is 2.54. The van der Waals surface area contributed by atoms with Gasteiger partial charge in [0.2, 0.25) is 0 Å². The maximum absolute atomic E-state index is 12.2. The summed E-state index contributed by atoms with van der Waals surface area (Å²) in [5.74, 6) is -1.21. The number of fused-ring (bicyclic) bond motifs is 1. The predicted molar refractivity (Wildman–Crippen MR) is 81.2 cm³/mol. The number of benzene rings is 1. The molecular weight excluding hydrogens is 268 g/mol. The minimum Gasteiger partial charge on any atom is -0.391 e. The fraction of sp³-hybridized carbons (Fsp3) is 0.500. The molecular formula is C16H22N2O3. The molecule has 0 aliphatic carbocycles. The van der Waals surface area contributed by atoms with E-state index in [0.29, 0.717) is 13.0 Å². The molecule has 2 N–H and O–H groups in total. The molecule has 1 aromatic rings. The summed E-state index contributed by atoms with van der Waals surface area (Å²) in [7, 11) is 0. The summed E-state index contributed by atoms with van der Waals surface area (Å²) in [6.07, 6.45) is 1.62. The first-order chi connectivity index (χ1) is 10.0. The molecule has 0 bridgehead atoms. The Labute approximate surface area is 125 Å². The molecule has 0 aromatic heterocycles.